The Hall–Kier alpha value is -2.79. The van der Waals surface area contributed by atoms with Crippen molar-refractivity contribution < 1.29 is 19.0 Å². The molecule has 0 fully saturated rings. The van der Waals surface area contributed by atoms with Gasteiger partial charge < -0.3 is 19.1 Å². The summed E-state index contributed by atoms with van der Waals surface area (Å²) in [6.45, 7) is 1.87. The van der Waals surface area contributed by atoms with Crippen molar-refractivity contribution in [1.82, 2.24) is 4.90 Å². The summed E-state index contributed by atoms with van der Waals surface area (Å²) in [5.41, 5.74) is 2.90. The minimum atomic E-state index is -0.303. The fourth-order valence-corrected chi connectivity index (χ4v) is 4.93. The second-order valence-electron chi connectivity index (χ2n) is 8.17. The van der Waals surface area contributed by atoms with E-state index in [1.807, 2.05) is 30.3 Å². The number of carbonyl (C=O) groups excluding carboxylic acids is 1. The molecule has 1 unspecified atom stereocenters. The van der Waals surface area contributed by atoms with E-state index in [2.05, 4.69) is 24.1 Å². The number of nitrogens with zero attached hydrogens (tertiary/aromatic N) is 1. The fourth-order valence-electron chi connectivity index (χ4n) is 4.93. The Morgan fingerprint density at radius 3 is 2.83 bits per heavy atom. The summed E-state index contributed by atoms with van der Waals surface area (Å²) in [6.07, 6.45) is 5.50. The number of rotatable bonds is 3. The lowest BCUT2D eigenvalue weighted by molar-refractivity contribution is 0.0218. The van der Waals surface area contributed by atoms with E-state index in [9.17, 15) is 4.79 Å². The van der Waals surface area contributed by atoms with Gasteiger partial charge in [0.15, 0.2) is 11.5 Å². The highest BCUT2D eigenvalue weighted by molar-refractivity contribution is 5.89. The van der Waals surface area contributed by atoms with Gasteiger partial charge in [-0.2, -0.15) is 0 Å². The molecular weight excluding hydrogens is 366 g/mol. The maximum atomic E-state index is 12.5. The van der Waals surface area contributed by atoms with Gasteiger partial charge in [0.2, 0.25) is 0 Å². The minimum Gasteiger partial charge on any atom is -0.493 e. The molecule has 5 heteroatoms. The smallest absolute Gasteiger partial charge is 0.338 e. The van der Waals surface area contributed by atoms with Crippen molar-refractivity contribution in [1.29, 1.82) is 0 Å². The van der Waals surface area contributed by atoms with E-state index in [-0.39, 0.29) is 23.6 Å². The van der Waals surface area contributed by atoms with Crippen LogP contribution in [0.1, 0.15) is 34.3 Å². The van der Waals surface area contributed by atoms with E-state index in [0.717, 1.165) is 31.0 Å². The molecule has 3 aliphatic rings. The van der Waals surface area contributed by atoms with Crippen LogP contribution < -0.4 is 9.47 Å². The normalized spacial score (nSPS) is 27.4. The maximum Gasteiger partial charge on any atom is 0.338 e. The highest BCUT2D eigenvalue weighted by Gasteiger charge is 2.53. The molecule has 1 spiro atoms. The molecule has 2 heterocycles. The summed E-state index contributed by atoms with van der Waals surface area (Å²) >= 11 is 0. The van der Waals surface area contributed by atoms with Gasteiger partial charge in [-0.15, -0.1) is 0 Å². The van der Waals surface area contributed by atoms with Gasteiger partial charge in [-0.3, -0.25) is 0 Å². The van der Waals surface area contributed by atoms with Crippen LogP contribution in [0.25, 0.3) is 0 Å². The van der Waals surface area contributed by atoms with Crippen molar-refractivity contribution in [2.45, 2.75) is 37.0 Å². The molecule has 0 aromatic heterocycles. The van der Waals surface area contributed by atoms with Crippen molar-refractivity contribution in [2.75, 3.05) is 20.7 Å². The molecule has 0 amide bonds. The molecule has 0 radical (unpaired) electrons. The van der Waals surface area contributed by atoms with Crippen LogP contribution in [0.2, 0.25) is 0 Å². The Labute approximate surface area is 170 Å². The second-order valence-corrected chi connectivity index (χ2v) is 8.17. The first-order chi connectivity index (χ1) is 14.1. The van der Waals surface area contributed by atoms with Crippen molar-refractivity contribution in [3.8, 4) is 11.5 Å². The molecule has 0 saturated carbocycles. The van der Waals surface area contributed by atoms with Gasteiger partial charge in [0.1, 0.15) is 12.2 Å². The molecule has 5 nitrogen and oxygen atoms in total. The van der Waals surface area contributed by atoms with Crippen LogP contribution in [0.4, 0.5) is 0 Å². The van der Waals surface area contributed by atoms with Gasteiger partial charge in [-0.25, -0.2) is 4.79 Å². The molecule has 150 valence electrons. The quantitative estimate of drug-likeness (QED) is 0.590. The van der Waals surface area contributed by atoms with Gasteiger partial charge in [0.25, 0.3) is 0 Å². The molecule has 0 N–H and O–H groups in total. The third kappa shape index (κ3) is 2.92. The zero-order valence-electron chi connectivity index (χ0n) is 16.8. The number of hydrogen-bond donors (Lipinski definition) is 0. The van der Waals surface area contributed by atoms with E-state index < -0.39 is 0 Å². The Kier molecular flexibility index (Phi) is 4.36. The summed E-state index contributed by atoms with van der Waals surface area (Å²) in [5.74, 6) is 1.32. The van der Waals surface area contributed by atoms with E-state index in [1.54, 1.807) is 19.2 Å². The summed E-state index contributed by atoms with van der Waals surface area (Å²) in [6, 6.07) is 13.3. The van der Waals surface area contributed by atoms with Crippen molar-refractivity contribution in [2.24, 2.45) is 0 Å². The third-order valence-electron chi connectivity index (χ3n) is 6.40. The number of benzene rings is 2. The molecule has 0 bridgehead atoms. The molecule has 0 saturated heterocycles. The minimum absolute atomic E-state index is 0.0716. The van der Waals surface area contributed by atoms with Crippen LogP contribution in [0.15, 0.2) is 54.6 Å². The highest BCUT2D eigenvalue weighted by Crippen LogP contribution is 2.55. The molecule has 2 aromatic rings. The van der Waals surface area contributed by atoms with Crippen LogP contribution in [-0.4, -0.2) is 43.8 Å². The Morgan fingerprint density at radius 2 is 2.03 bits per heavy atom. The summed E-state index contributed by atoms with van der Waals surface area (Å²) in [4.78, 5) is 14.9. The number of methoxy groups -OCH3 is 1. The van der Waals surface area contributed by atoms with E-state index in [4.69, 9.17) is 14.2 Å². The van der Waals surface area contributed by atoms with Crippen molar-refractivity contribution >= 4 is 5.97 Å². The fraction of sp³-hybridized carbons (Fsp3) is 0.375. The molecule has 3 atom stereocenters. The van der Waals surface area contributed by atoms with Gasteiger partial charge in [0.05, 0.1) is 18.1 Å². The third-order valence-corrected chi connectivity index (χ3v) is 6.40. The van der Waals surface area contributed by atoms with Gasteiger partial charge in [-0.05, 0) is 49.9 Å². The number of carbonyl (C=O) groups is 1. The molecule has 1 aliphatic carbocycles. The monoisotopic (exact) mass is 391 g/mol. The van der Waals surface area contributed by atoms with Crippen molar-refractivity contribution in [3.05, 3.63) is 71.3 Å². The largest absolute Gasteiger partial charge is 0.493 e. The average Bonchev–Trinajstić information content (AvgIpc) is 3.00. The second kappa shape index (κ2) is 6.92. The van der Waals surface area contributed by atoms with Crippen LogP contribution in [0, 0.1) is 0 Å². The predicted molar refractivity (Wildman–Crippen MR) is 109 cm³/mol. The number of ether oxygens (including phenoxy) is 3. The van der Waals surface area contributed by atoms with Gasteiger partial charge in [0, 0.05) is 18.5 Å². The Balaban J connectivity index is 1.48. The molecule has 2 aromatic carbocycles. The maximum absolute atomic E-state index is 12.5. The molecular formula is C24H25NO4. The first-order valence-electron chi connectivity index (χ1n) is 10.1. The first kappa shape index (κ1) is 18.3. The first-order valence-corrected chi connectivity index (χ1v) is 10.1. The summed E-state index contributed by atoms with van der Waals surface area (Å²) in [7, 11) is 3.83. The average molecular weight is 391 g/mol. The van der Waals surface area contributed by atoms with E-state index >= 15 is 0 Å². The summed E-state index contributed by atoms with van der Waals surface area (Å²) < 4.78 is 17.9. The van der Waals surface area contributed by atoms with Gasteiger partial charge >= 0.3 is 5.97 Å². The van der Waals surface area contributed by atoms with Gasteiger partial charge in [-0.1, -0.05) is 30.3 Å². The SMILES string of the molecule is COc1ccc2c3c1O[C@H]1CC(OC(=O)c4ccccc4)C=C[C@@]31CCN(C)C2. The van der Waals surface area contributed by atoms with E-state index in [0.29, 0.717) is 12.0 Å². The van der Waals surface area contributed by atoms with E-state index in [1.165, 1.54) is 11.1 Å². The number of hydrogen-bond acceptors (Lipinski definition) is 5. The lowest BCUT2D eigenvalue weighted by Crippen LogP contribution is -2.43. The lowest BCUT2D eigenvalue weighted by Gasteiger charge is -2.36. The highest BCUT2D eigenvalue weighted by atomic mass is 16.6. The standard InChI is InChI=1S/C24H25NO4/c1-25-13-12-24-11-10-18(28-23(26)16-6-4-3-5-7-16)14-20(24)29-22-19(27-2)9-8-17(15-25)21(22)24/h3-11,18,20H,12-15H2,1-2H3/t18?,20-,24-/m0/s1. The van der Waals surface area contributed by atoms with Crippen LogP contribution >= 0.6 is 0 Å². The lowest BCUT2D eigenvalue weighted by atomic mass is 9.69. The zero-order valence-corrected chi connectivity index (χ0v) is 16.8. The summed E-state index contributed by atoms with van der Waals surface area (Å²) in [5, 5.41) is 0. The van der Waals surface area contributed by atoms with Crippen LogP contribution in [0.3, 0.4) is 0 Å². The molecule has 2 aliphatic heterocycles. The predicted octanol–water partition coefficient (Wildman–Crippen LogP) is 3.72. The van der Waals surface area contributed by atoms with Crippen molar-refractivity contribution in [3.63, 3.8) is 0 Å². The zero-order chi connectivity index (χ0) is 20.0. The topological polar surface area (TPSA) is 48.0 Å². The van der Waals surface area contributed by atoms with Crippen LogP contribution in [-0.2, 0) is 16.7 Å². The number of esters is 1. The Morgan fingerprint density at radius 1 is 1.21 bits per heavy atom. The van der Waals surface area contributed by atoms with Crippen LogP contribution in [0.5, 0.6) is 11.5 Å². The molecule has 5 rings (SSSR count). The molecule has 29 heavy (non-hydrogen) atoms. The Bertz CT molecular complexity index is 970.